The fourth-order valence-corrected chi connectivity index (χ4v) is 2.51. The van der Waals surface area contributed by atoms with Crippen LogP contribution in [0.3, 0.4) is 0 Å². The lowest BCUT2D eigenvalue weighted by atomic mass is 10.1. The van der Waals surface area contributed by atoms with Crippen LogP contribution in [0.2, 0.25) is 0 Å². The molecule has 2 rings (SSSR count). The Labute approximate surface area is 95.1 Å². The van der Waals surface area contributed by atoms with Crippen molar-refractivity contribution in [2.75, 3.05) is 20.1 Å². The Morgan fingerprint density at radius 2 is 2.40 bits per heavy atom. The van der Waals surface area contributed by atoms with Crippen LogP contribution in [0.4, 0.5) is 0 Å². The van der Waals surface area contributed by atoms with Crippen LogP contribution >= 0.6 is 11.3 Å². The minimum atomic E-state index is 0.00417. The van der Waals surface area contributed by atoms with Crippen molar-refractivity contribution in [1.82, 2.24) is 4.90 Å². The number of hydrogen-bond donors (Lipinski definition) is 0. The van der Waals surface area contributed by atoms with Gasteiger partial charge in [-0.2, -0.15) is 5.26 Å². The number of hydrogen-bond acceptors (Lipinski definition) is 3. The maximum atomic E-state index is 8.98. The second-order valence-electron chi connectivity index (χ2n) is 4.46. The molecule has 0 unspecified atom stereocenters. The third kappa shape index (κ3) is 2.80. The van der Waals surface area contributed by atoms with E-state index >= 15 is 0 Å². The molecule has 1 aliphatic carbocycles. The van der Waals surface area contributed by atoms with Crippen molar-refractivity contribution < 1.29 is 0 Å². The van der Waals surface area contributed by atoms with E-state index in [0.717, 1.165) is 32.4 Å². The summed E-state index contributed by atoms with van der Waals surface area (Å²) in [6.45, 7) is 2.00. The highest BCUT2D eigenvalue weighted by molar-refractivity contribution is 7.09. The van der Waals surface area contributed by atoms with E-state index in [4.69, 9.17) is 5.26 Å². The van der Waals surface area contributed by atoms with E-state index in [1.54, 1.807) is 0 Å². The van der Waals surface area contributed by atoms with E-state index < -0.39 is 0 Å². The van der Waals surface area contributed by atoms with Gasteiger partial charge in [-0.3, -0.25) is 0 Å². The largest absolute Gasteiger partial charge is 0.304 e. The molecule has 1 aromatic rings. The summed E-state index contributed by atoms with van der Waals surface area (Å²) >= 11 is 1.81. The Morgan fingerprint density at radius 3 is 2.93 bits per heavy atom. The molecule has 1 heterocycles. The van der Waals surface area contributed by atoms with Crippen molar-refractivity contribution in [3.63, 3.8) is 0 Å². The number of likely N-dealkylation sites (N-methyl/N-ethyl adjacent to an activating group) is 1. The summed E-state index contributed by atoms with van der Waals surface area (Å²) in [5.41, 5.74) is 0.00417. The molecule has 0 bridgehead atoms. The first-order valence-electron chi connectivity index (χ1n) is 5.36. The molecule has 1 fully saturated rings. The van der Waals surface area contributed by atoms with Gasteiger partial charge < -0.3 is 4.90 Å². The lowest BCUT2D eigenvalue weighted by Gasteiger charge is -2.18. The first kappa shape index (κ1) is 10.7. The van der Waals surface area contributed by atoms with E-state index in [1.165, 1.54) is 4.88 Å². The monoisotopic (exact) mass is 220 g/mol. The maximum absolute atomic E-state index is 8.98. The molecule has 2 nitrogen and oxygen atoms in total. The van der Waals surface area contributed by atoms with Gasteiger partial charge in [-0.1, -0.05) is 6.07 Å². The Morgan fingerprint density at radius 1 is 1.60 bits per heavy atom. The molecule has 1 aromatic heterocycles. The summed E-state index contributed by atoms with van der Waals surface area (Å²) in [6.07, 6.45) is 3.29. The Hall–Kier alpha value is -0.850. The molecule has 0 aromatic carbocycles. The van der Waals surface area contributed by atoms with E-state index in [0.29, 0.717) is 0 Å². The second-order valence-corrected chi connectivity index (χ2v) is 5.49. The topological polar surface area (TPSA) is 27.0 Å². The van der Waals surface area contributed by atoms with E-state index in [2.05, 4.69) is 35.5 Å². The molecule has 15 heavy (non-hydrogen) atoms. The summed E-state index contributed by atoms with van der Waals surface area (Å²) in [5.74, 6) is 0. The molecule has 1 saturated carbocycles. The molecule has 80 valence electrons. The highest BCUT2D eigenvalue weighted by Gasteiger charge is 2.43. The smallest absolute Gasteiger partial charge is 0.0703 e. The Kier molecular flexibility index (Phi) is 3.08. The normalized spacial score (nSPS) is 17.7. The summed E-state index contributed by atoms with van der Waals surface area (Å²) in [6, 6.07) is 6.71. The number of nitriles is 1. The van der Waals surface area contributed by atoms with Gasteiger partial charge in [0.25, 0.3) is 0 Å². The van der Waals surface area contributed by atoms with Crippen LogP contribution in [0.5, 0.6) is 0 Å². The highest BCUT2D eigenvalue weighted by Crippen LogP contribution is 2.45. The fraction of sp³-hybridized carbons (Fsp3) is 0.583. The van der Waals surface area contributed by atoms with Crippen molar-refractivity contribution in [2.45, 2.75) is 19.3 Å². The molecule has 0 spiro atoms. The highest BCUT2D eigenvalue weighted by atomic mass is 32.1. The lowest BCUT2D eigenvalue weighted by molar-refractivity contribution is 0.298. The van der Waals surface area contributed by atoms with Gasteiger partial charge in [0.15, 0.2) is 0 Å². The van der Waals surface area contributed by atoms with Crippen LogP contribution < -0.4 is 0 Å². The third-order valence-electron chi connectivity index (χ3n) is 2.98. The molecule has 3 heteroatoms. The van der Waals surface area contributed by atoms with Crippen molar-refractivity contribution in [3.05, 3.63) is 22.4 Å². The van der Waals surface area contributed by atoms with Gasteiger partial charge in [0.1, 0.15) is 0 Å². The molecular weight excluding hydrogens is 204 g/mol. The lowest BCUT2D eigenvalue weighted by Crippen LogP contribution is -2.27. The van der Waals surface area contributed by atoms with Gasteiger partial charge in [-0.25, -0.2) is 0 Å². The zero-order chi connectivity index (χ0) is 10.7. The average molecular weight is 220 g/mol. The zero-order valence-corrected chi connectivity index (χ0v) is 9.89. The van der Waals surface area contributed by atoms with Gasteiger partial charge in [-0.15, -0.1) is 11.3 Å². The van der Waals surface area contributed by atoms with Crippen LogP contribution in [-0.2, 0) is 6.42 Å². The van der Waals surface area contributed by atoms with Crippen LogP contribution in [0.1, 0.15) is 17.7 Å². The predicted molar refractivity (Wildman–Crippen MR) is 62.8 cm³/mol. The number of thiophene rings is 1. The summed E-state index contributed by atoms with van der Waals surface area (Å²) in [4.78, 5) is 3.72. The van der Waals surface area contributed by atoms with Crippen molar-refractivity contribution >= 4 is 11.3 Å². The van der Waals surface area contributed by atoms with Crippen LogP contribution in [0, 0.1) is 16.7 Å². The standard InChI is InChI=1S/C12H16N2S/c1-14(10-12(9-13)5-6-12)7-4-11-3-2-8-15-11/h2-3,8H,4-7,10H2,1H3. The molecule has 0 N–H and O–H groups in total. The van der Waals surface area contributed by atoms with Gasteiger partial charge >= 0.3 is 0 Å². The summed E-state index contributed by atoms with van der Waals surface area (Å²) in [5, 5.41) is 11.1. The van der Waals surface area contributed by atoms with Gasteiger partial charge in [0, 0.05) is 18.0 Å². The van der Waals surface area contributed by atoms with E-state index in [1.807, 2.05) is 11.3 Å². The van der Waals surface area contributed by atoms with Crippen molar-refractivity contribution in [1.29, 1.82) is 5.26 Å². The van der Waals surface area contributed by atoms with E-state index in [-0.39, 0.29) is 5.41 Å². The molecule has 0 radical (unpaired) electrons. The summed E-state index contributed by atoms with van der Waals surface area (Å²) in [7, 11) is 2.12. The van der Waals surface area contributed by atoms with Crippen LogP contribution in [0.15, 0.2) is 17.5 Å². The van der Waals surface area contributed by atoms with Crippen LogP contribution in [-0.4, -0.2) is 25.0 Å². The van der Waals surface area contributed by atoms with Crippen LogP contribution in [0.25, 0.3) is 0 Å². The quantitative estimate of drug-likeness (QED) is 0.762. The molecule has 1 aliphatic rings. The summed E-state index contributed by atoms with van der Waals surface area (Å²) < 4.78 is 0. The predicted octanol–water partition coefficient (Wildman–Crippen LogP) is 2.53. The van der Waals surface area contributed by atoms with Gasteiger partial charge in [-0.05, 0) is 37.8 Å². The number of nitrogens with zero attached hydrogens (tertiary/aromatic N) is 2. The molecular formula is C12H16N2S. The minimum absolute atomic E-state index is 0.00417. The maximum Gasteiger partial charge on any atom is 0.0703 e. The first-order chi connectivity index (χ1) is 7.24. The Bertz CT molecular complexity index is 346. The number of rotatable bonds is 5. The van der Waals surface area contributed by atoms with Gasteiger partial charge in [0.05, 0.1) is 11.5 Å². The minimum Gasteiger partial charge on any atom is -0.304 e. The third-order valence-corrected chi connectivity index (χ3v) is 3.92. The van der Waals surface area contributed by atoms with Crippen molar-refractivity contribution in [3.8, 4) is 6.07 Å². The SMILES string of the molecule is CN(CCc1cccs1)CC1(C#N)CC1. The van der Waals surface area contributed by atoms with Crippen molar-refractivity contribution in [2.24, 2.45) is 5.41 Å². The molecule has 0 saturated heterocycles. The first-order valence-corrected chi connectivity index (χ1v) is 6.24. The van der Waals surface area contributed by atoms with Gasteiger partial charge in [0.2, 0.25) is 0 Å². The fourth-order valence-electron chi connectivity index (χ4n) is 1.81. The Balaban J connectivity index is 1.74. The molecule has 0 amide bonds. The second kappa shape index (κ2) is 4.34. The van der Waals surface area contributed by atoms with E-state index in [9.17, 15) is 0 Å². The molecule has 0 atom stereocenters. The molecule has 0 aliphatic heterocycles. The zero-order valence-electron chi connectivity index (χ0n) is 9.07. The average Bonchev–Trinajstić information content (AvgIpc) is 2.80.